The summed E-state index contributed by atoms with van der Waals surface area (Å²) in [6.07, 6.45) is -0.106. The summed E-state index contributed by atoms with van der Waals surface area (Å²) in [5, 5.41) is 11.8. The summed E-state index contributed by atoms with van der Waals surface area (Å²) in [6, 6.07) is 14.5. The molecule has 58 heavy (non-hydrogen) atoms. The van der Waals surface area contributed by atoms with Crippen molar-refractivity contribution in [3.05, 3.63) is 92.8 Å². The van der Waals surface area contributed by atoms with Gasteiger partial charge in [0.2, 0.25) is 11.8 Å². The number of fused-ring (bicyclic) bond motifs is 2. The summed E-state index contributed by atoms with van der Waals surface area (Å²) in [4.78, 5) is 71.3. The minimum atomic E-state index is -1.01. The second-order valence-electron chi connectivity index (χ2n) is 17.3. The first-order valence-electron chi connectivity index (χ1n) is 19.4. The van der Waals surface area contributed by atoms with E-state index >= 15 is 4.39 Å². The molecule has 1 atom stereocenters. The van der Waals surface area contributed by atoms with Crippen LogP contribution in [0.15, 0.2) is 48.5 Å². The third-order valence-corrected chi connectivity index (χ3v) is 13.3. The minimum Gasteiger partial charge on any atom is -0.489 e. The van der Waals surface area contributed by atoms with Crippen LogP contribution in [-0.2, 0) is 16.1 Å². The Balaban J connectivity index is 0.799. The van der Waals surface area contributed by atoms with Crippen molar-refractivity contribution in [3.8, 4) is 23.7 Å². The molecule has 0 radical (unpaired) electrons. The highest BCUT2D eigenvalue weighted by atomic mass is 35.5. The zero-order chi connectivity index (χ0) is 41.0. The molecule has 12 nitrogen and oxygen atoms in total. The summed E-state index contributed by atoms with van der Waals surface area (Å²) in [6.45, 7) is 11.3. The maximum absolute atomic E-state index is 16.0. The van der Waals surface area contributed by atoms with Crippen molar-refractivity contribution >= 4 is 46.8 Å². The molecule has 5 aliphatic heterocycles. The lowest BCUT2D eigenvalue weighted by Gasteiger charge is -2.65. The molecule has 0 aromatic heterocycles. The van der Waals surface area contributed by atoms with E-state index < -0.39 is 46.3 Å². The normalized spacial score (nSPS) is 24.9. The highest BCUT2D eigenvalue weighted by molar-refractivity contribution is 6.31. The number of hydrogen-bond donors (Lipinski definition) is 1. The van der Waals surface area contributed by atoms with Gasteiger partial charge in [-0.25, -0.2) is 4.39 Å². The molecule has 296 valence electrons. The van der Waals surface area contributed by atoms with Gasteiger partial charge in [0.25, 0.3) is 17.7 Å². The molecule has 6 aliphatic rings. The molecule has 1 N–H and O–H groups in total. The number of carbonyl (C=O) groups excluding carboxylic acids is 5. The first kappa shape index (κ1) is 37.8. The van der Waals surface area contributed by atoms with Crippen LogP contribution in [0.4, 0.5) is 10.1 Å². The van der Waals surface area contributed by atoms with Crippen molar-refractivity contribution in [3.63, 3.8) is 0 Å². The molecule has 9 rings (SSSR count). The number of carbonyl (C=O) groups is 5. The Bertz CT molecular complexity index is 2460. The number of likely N-dealkylation sites (tertiary alicyclic amines) is 1. The lowest BCUT2D eigenvalue weighted by atomic mass is 9.49. The molecule has 0 bridgehead atoms. The first-order valence-corrected chi connectivity index (χ1v) is 19.8. The van der Waals surface area contributed by atoms with E-state index in [-0.39, 0.29) is 66.1 Å². The molecular weight excluding hydrogens is 763 g/mol. The predicted octanol–water partition coefficient (Wildman–Crippen LogP) is 4.76. The number of anilines is 1. The van der Waals surface area contributed by atoms with Gasteiger partial charge >= 0.3 is 0 Å². The van der Waals surface area contributed by atoms with E-state index in [9.17, 15) is 29.2 Å². The molecular formula is C44H40ClFN6O6. The standard InChI is InChI=1S/C44H40ClFN6O6/c1-43(2)41(44(3,4)42(43)58-28-10-7-25(17-47)33(45)16-28)51-22-32-30(38(51)55)11-8-24(36(32)46)6-5-23-18-49(19-23)27-20-50(21-27)26-9-12-29-31(15-26)40(57)52(39(29)56)34-13-14-35(53)48-37(34)54/h7-12,15-16,23,27,34,41-42H,13-14,18-22H2,1-4H3,(H,48,53,54). The van der Waals surface area contributed by atoms with E-state index in [2.05, 4.69) is 33.0 Å². The zero-order valence-electron chi connectivity index (χ0n) is 32.4. The van der Waals surface area contributed by atoms with Crippen LogP contribution in [0.1, 0.15) is 88.3 Å². The average molecular weight is 803 g/mol. The van der Waals surface area contributed by atoms with Gasteiger partial charge in [0.05, 0.1) is 33.8 Å². The van der Waals surface area contributed by atoms with E-state index in [0.29, 0.717) is 27.5 Å². The summed E-state index contributed by atoms with van der Waals surface area (Å²) in [5.41, 5.74) is 1.72. The minimum absolute atomic E-state index is 0.0658. The second kappa shape index (κ2) is 13.4. The number of imide groups is 2. The van der Waals surface area contributed by atoms with Crippen molar-refractivity contribution in [2.45, 2.75) is 71.3 Å². The van der Waals surface area contributed by atoms with Crippen molar-refractivity contribution in [2.75, 3.05) is 31.1 Å². The van der Waals surface area contributed by atoms with Gasteiger partial charge in [-0.2, -0.15) is 5.26 Å². The third kappa shape index (κ3) is 5.77. The Morgan fingerprint density at radius 2 is 1.55 bits per heavy atom. The fourth-order valence-corrected chi connectivity index (χ4v) is 10.5. The van der Waals surface area contributed by atoms with Crippen LogP contribution in [0.5, 0.6) is 5.75 Å². The highest BCUT2D eigenvalue weighted by Gasteiger charge is 2.67. The Hall–Kier alpha value is -5.76. The Labute approximate surface area is 339 Å². The number of halogens is 2. The van der Waals surface area contributed by atoms with Gasteiger partial charge < -0.3 is 14.5 Å². The number of nitrogens with one attached hydrogen (secondary N) is 1. The molecule has 1 saturated carbocycles. The van der Waals surface area contributed by atoms with Gasteiger partial charge in [-0.05, 0) is 48.9 Å². The predicted molar refractivity (Wildman–Crippen MR) is 209 cm³/mol. The van der Waals surface area contributed by atoms with E-state index in [4.69, 9.17) is 16.3 Å². The summed E-state index contributed by atoms with van der Waals surface area (Å²) >= 11 is 6.26. The molecule has 4 fully saturated rings. The monoisotopic (exact) mass is 802 g/mol. The lowest BCUT2D eigenvalue weighted by molar-refractivity contribution is -0.199. The maximum Gasteiger partial charge on any atom is 0.262 e. The molecule has 3 aromatic carbocycles. The highest BCUT2D eigenvalue weighted by Crippen LogP contribution is 2.59. The largest absolute Gasteiger partial charge is 0.489 e. The Morgan fingerprint density at radius 3 is 2.24 bits per heavy atom. The van der Waals surface area contributed by atoms with Gasteiger partial charge in [-0.15, -0.1) is 0 Å². The molecule has 3 aromatic rings. The van der Waals surface area contributed by atoms with Crippen LogP contribution < -0.4 is 15.0 Å². The van der Waals surface area contributed by atoms with Crippen molar-refractivity contribution in [1.29, 1.82) is 5.26 Å². The van der Waals surface area contributed by atoms with Crippen LogP contribution in [-0.4, -0.2) is 94.6 Å². The molecule has 5 heterocycles. The quantitative estimate of drug-likeness (QED) is 0.276. The number of amides is 5. The summed E-state index contributed by atoms with van der Waals surface area (Å²) < 4.78 is 22.5. The Morgan fingerprint density at radius 1 is 0.862 bits per heavy atom. The molecule has 14 heteroatoms. The molecule has 1 aliphatic carbocycles. The smallest absolute Gasteiger partial charge is 0.262 e. The van der Waals surface area contributed by atoms with Crippen LogP contribution in [0, 0.1) is 45.7 Å². The van der Waals surface area contributed by atoms with Crippen LogP contribution in [0.3, 0.4) is 0 Å². The molecule has 1 unspecified atom stereocenters. The lowest BCUT2D eigenvalue weighted by Crippen LogP contribution is -2.74. The molecule has 0 spiro atoms. The van der Waals surface area contributed by atoms with Gasteiger partial charge in [0.15, 0.2) is 0 Å². The number of piperidine rings is 1. The molecule has 3 saturated heterocycles. The fraction of sp³-hybridized carbons (Fsp3) is 0.409. The molecule has 5 amide bonds. The van der Waals surface area contributed by atoms with Gasteiger partial charge in [0, 0.05) is 84.3 Å². The number of nitrogens with zero attached hydrogens (tertiary/aromatic N) is 5. The number of ether oxygens (including phenoxy) is 1. The Kier molecular flexibility index (Phi) is 8.73. The third-order valence-electron chi connectivity index (χ3n) is 12.9. The van der Waals surface area contributed by atoms with E-state index in [1.54, 1.807) is 47.4 Å². The van der Waals surface area contributed by atoms with E-state index in [1.165, 1.54) is 0 Å². The topological polar surface area (TPSA) is 143 Å². The average Bonchev–Trinajstić information content (AvgIpc) is 3.59. The van der Waals surface area contributed by atoms with Crippen LogP contribution >= 0.6 is 11.6 Å². The number of rotatable bonds is 6. The summed E-state index contributed by atoms with van der Waals surface area (Å²) in [5.74, 6) is 4.13. The van der Waals surface area contributed by atoms with E-state index in [0.717, 1.165) is 36.8 Å². The fourth-order valence-electron chi connectivity index (χ4n) is 10.3. The van der Waals surface area contributed by atoms with Gasteiger partial charge in [-0.1, -0.05) is 51.1 Å². The van der Waals surface area contributed by atoms with E-state index in [1.807, 2.05) is 33.8 Å². The van der Waals surface area contributed by atoms with Gasteiger partial charge in [-0.3, -0.25) is 39.1 Å². The summed E-state index contributed by atoms with van der Waals surface area (Å²) in [7, 11) is 0. The maximum atomic E-state index is 16.0. The number of nitriles is 1. The van der Waals surface area contributed by atoms with Crippen molar-refractivity contribution in [2.24, 2.45) is 16.7 Å². The second-order valence-corrected chi connectivity index (χ2v) is 17.7. The van der Waals surface area contributed by atoms with Gasteiger partial charge in [0.1, 0.15) is 29.8 Å². The zero-order valence-corrected chi connectivity index (χ0v) is 33.2. The van der Waals surface area contributed by atoms with Crippen LogP contribution in [0.25, 0.3) is 0 Å². The number of hydrogen-bond acceptors (Lipinski definition) is 9. The number of benzene rings is 3. The SMILES string of the molecule is CC1(C)C(Oc2ccc(C#N)c(Cl)c2)C(C)(C)C1N1Cc2c(ccc(C#CC3CN(C4CN(c5ccc6c(c5)C(=O)N(C5CCC(=O)NC5=O)C6=O)C4)C3)c2F)C1=O. The van der Waals surface area contributed by atoms with Crippen LogP contribution in [0.2, 0.25) is 5.02 Å². The van der Waals surface area contributed by atoms with Crippen molar-refractivity contribution < 1.29 is 33.1 Å². The first-order chi connectivity index (χ1) is 27.6. The van der Waals surface area contributed by atoms with Crippen molar-refractivity contribution in [1.82, 2.24) is 20.0 Å².